The Labute approximate surface area is 60.3 Å². The van der Waals surface area contributed by atoms with Crippen LogP contribution < -0.4 is 5.73 Å². The molecule has 0 aromatic heterocycles. The van der Waals surface area contributed by atoms with Crippen molar-refractivity contribution in [2.24, 2.45) is 5.73 Å². The minimum absolute atomic E-state index is 0.398. The molecule has 4 heteroatoms. The maximum absolute atomic E-state index is 8.81. The summed E-state index contributed by atoms with van der Waals surface area (Å²) in [5.74, 6) is 0. The van der Waals surface area contributed by atoms with Crippen molar-refractivity contribution in [2.75, 3.05) is 6.54 Å². The number of unbranched alkanes of at least 4 members (excludes halogenated alkanes) is 1. The normalized spacial score (nSPS) is 14.1. The molecule has 0 radical (unpaired) electrons. The van der Waals surface area contributed by atoms with Crippen LogP contribution in [0.4, 0.5) is 0 Å². The quantitative estimate of drug-likeness (QED) is 0.292. The largest absolute Gasteiger partial charge is 0.388 e. The maximum atomic E-state index is 8.81. The lowest BCUT2D eigenvalue weighted by Crippen LogP contribution is -2.25. The van der Waals surface area contributed by atoms with E-state index in [1.54, 1.807) is 0 Å². The minimum atomic E-state index is -1.61. The van der Waals surface area contributed by atoms with E-state index in [-0.39, 0.29) is 0 Å². The van der Waals surface area contributed by atoms with Gasteiger partial charge in [0.2, 0.25) is 0 Å². The van der Waals surface area contributed by atoms with Gasteiger partial charge in [0.25, 0.3) is 0 Å². The second kappa shape index (κ2) is 5.61. The summed E-state index contributed by atoms with van der Waals surface area (Å²) in [5.41, 5.74) is 5.18. The minimum Gasteiger partial charge on any atom is -0.388 e. The van der Waals surface area contributed by atoms with E-state index in [4.69, 9.17) is 21.1 Å². The predicted molar refractivity (Wildman–Crippen MR) is 37.1 cm³/mol. The van der Waals surface area contributed by atoms with Crippen molar-refractivity contribution in [2.45, 2.75) is 31.7 Å². The fourth-order valence-corrected chi connectivity index (χ4v) is 0.647. The van der Waals surface area contributed by atoms with Gasteiger partial charge in [0.15, 0.2) is 6.29 Å². The summed E-state index contributed by atoms with van der Waals surface area (Å²) in [4.78, 5) is 0. The molecule has 0 saturated carbocycles. The van der Waals surface area contributed by atoms with Crippen LogP contribution in [0.25, 0.3) is 0 Å². The summed E-state index contributed by atoms with van der Waals surface area (Å²) >= 11 is 0. The molecule has 0 bridgehead atoms. The van der Waals surface area contributed by atoms with Crippen molar-refractivity contribution in [3.63, 3.8) is 0 Å². The van der Waals surface area contributed by atoms with E-state index >= 15 is 0 Å². The summed E-state index contributed by atoms with van der Waals surface area (Å²) in [6.45, 7) is 0.578. The predicted octanol–water partition coefficient (Wildman–Crippen LogP) is -1.21. The van der Waals surface area contributed by atoms with E-state index in [1.165, 1.54) is 0 Å². The molecule has 5 N–H and O–H groups in total. The van der Waals surface area contributed by atoms with Crippen LogP contribution in [0.5, 0.6) is 0 Å². The highest BCUT2D eigenvalue weighted by Crippen LogP contribution is 2.01. The molecule has 0 amide bonds. The standard InChI is InChI=1S/C6H15NO3/c7-4-2-1-3-5(8)6(9)10/h5-6,8-10H,1-4,7H2. The second-order valence-corrected chi connectivity index (χ2v) is 2.27. The van der Waals surface area contributed by atoms with Gasteiger partial charge in [-0.3, -0.25) is 0 Å². The zero-order chi connectivity index (χ0) is 7.98. The van der Waals surface area contributed by atoms with Crippen LogP contribution in [0.1, 0.15) is 19.3 Å². The average Bonchev–Trinajstić information content (AvgIpc) is 1.88. The van der Waals surface area contributed by atoms with Crippen LogP contribution in [-0.4, -0.2) is 34.3 Å². The van der Waals surface area contributed by atoms with E-state index in [0.29, 0.717) is 13.0 Å². The maximum Gasteiger partial charge on any atom is 0.178 e. The highest BCUT2D eigenvalue weighted by Gasteiger charge is 2.10. The molecule has 0 fully saturated rings. The van der Waals surface area contributed by atoms with Crippen molar-refractivity contribution >= 4 is 0 Å². The number of aliphatic hydroxyl groups is 3. The smallest absolute Gasteiger partial charge is 0.178 e. The number of aliphatic hydroxyl groups excluding tert-OH is 2. The van der Waals surface area contributed by atoms with E-state index in [9.17, 15) is 0 Å². The number of nitrogens with two attached hydrogens (primary N) is 1. The molecule has 0 heterocycles. The lowest BCUT2D eigenvalue weighted by atomic mass is 10.1. The molecule has 0 aromatic rings. The summed E-state index contributed by atoms with van der Waals surface area (Å²) in [6, 6.07) is 0. The van der Waals surface area contributed by atoms with Crippen LogP contribution in [0, 0.1) is 0 Å². The molecule has 1 unspecified atom stereocenters. The first-order valence-electron chi connectivity index (χ1n) is 3.42. The average molecular weight is 149 g/mol. The van der Waals surface area contributed by atoms with Crippen molar-refractivity contribution in [3.8, 4) is 0 Å². The van der Waals surface area contributed by atoms with Gasteiger partial charge in [-0.15, -0.1) is 0 Å². The Morgan fingerprint density at radius 3 is 2.10 bits per heavy atom. The third-order valence-corrected chi connectivity index (χ3v) is 1.30. The van der Waals surface area contributed by atoms with Crippen molar-refractivity contribution in [1.82, 2.24) is 0 Å². The summed E-state index contributed by atoms with van der Waals surface area (Å²) in [7, 11) is 0. The third-order valence-electron chi connectivity index (χ3n) is 1.30. The molecule has 0 saturated heterocycles. The van der Waals surface area contributed by atoms with Gasteiger partial charge in [0, 0.05) is 0 Å². The van der Waals surface area contributed by atoms with Gasteiger partial charge in [-0.1, -0.05) is 0 Å². The molecule has 10 heavy (non-hydrogen) atoms. The van der Waals surface area contributed by atoms with Crippen molar-refractivity contribution in [3.05, 3.63) is 0 Å². The topological polar surface area (TPSA) is 86.7 Å². The number of rotatable bonds is 5. The molecular weight excluding hydrogens is 134 g/mol. The van der Waals surface area contributed by atoms with Crippen molar-refractivity contribution in [1.29, 1.82) is 0 Å². The van der Waals surface area contributed by atoms with Gasteiger partial charge in [-0.2, -0.15) is 0 Å². The van der Waals surface area contributed by atoms with E-state index in [1.807, 2.05) is 0 Å². The van der Waals surface area contributed by atoms with Crippen LogP contribution in [0.3, 0.4) is 0 Å². The molecule has 0 aliphatic rings. The Morgan fingerprint density at radius 2 is 1.70 bits per heavy atom. The summed E-state index contributed by atoms with van der Waals surface area (Å²) in [6.07, 6.45) is -0.696. The monoisotopic (exact) mass is 149 g/mol. The lowest BCUT2D eigenvalue weighted by molar-refractivity contribution is -0.124. The molecule has 1 atom stereocenters. The van der Waals surface area contributed by atoms with Gasteiger partial charge >= 0.3 is 0 Å². The van der Waals surface area contributed by atoms with E-state index in [0.717, 1.165) is 12.8 Å². The van der Waals surface area contributed by atoms with Crippen LogP contribution in [0.15, 0.2) is 0 Å². The Morgan fingerprint density at radius 1 is 1.10 bits per heavy atom. The van der Waals surface area contributed by atoms with E-state index < -0.39 is 12.4 Å². The van der Waals surface area contributed by atoms with Crippen LogP contribution in [0.2, 0.25) is 0 Å². The Hall–Kier alpha value is -0.160. The fraction of sp³-hybridized carbons (Fsp3) is 1.00. The van der Waals surface area contributed by atoms with Gasteiger partial charge in [0.05, 0.1) is 0 Å². The Balaban J connectivity index is 3.13. The molecule has 0 rings (SSSR count). The molecule has 62 valence electrons. The number of hydrogen-bond acceptors (Lipinski definition) is 4. The molecule has 0 spiro atoms. The van der Waals surface area contributed by atoms with Crippen LogP contribution in [-0.2, 0) is 0 Å². The Bertz CT molecular complexity index is 77.4. The van der Waals surface area contributed by atoms with Crippen LogP contribution >= 0.6 is 0 Å². The first kappa shape index (κ1) is 9.84. The van der Waals surface area contributed by atoms with Gasteiger partial charge < -0.3 is 21.1 Å². The highest BCUT2D eigenvalue weighted by atomic mass is 16.5. The SMILES string of the molecule is NCCCCC(O)C(O)O. The molecular formula is C6H15NO3. The lowest BCUT2D eigenvalue weighted by Gasteiger charge is -2.10. The first-order chi connectivity index (χ1) is 4.68. The molecule has 0 aromatic carbocycles. The summed E-state index contributed by atoms with van der Waals surface area (Å²) < 4.78 is 0. The van der Waals surface area contributed by atoms with Gasteiger partial charge in [-0.05, 0) is 25.8 Å². The summed E-state index contributed by atoms with van der Waals surface area (Å²) in [5, 5.41) is 25.6. The van der Waals surface area contributed by atoms with Gasteiger partial charge in [0.1, 0.15) is 6.10 Å². The third kappa shape index (κ3) is 4.69. The zero-order valence-corrected chi connectivity index (χ0v) is 5.90. The van der Waals surface area contributed by atoms with Crippen molar-refractivity contribution < 1.29 is 15.3 Å². The zero-order valence-electron chi connectivity index (χ0n) is 5.90. The molecule has 4 nitrogen and oxygen atoms in total. The van der Waals surface area contributed by atoms with E-state index in [2.05, 4.69) is 0 Å². The number of hydrogen-bond donors (Lipinski definition) is 4. The second-order valence-electron chi connectivity index (χ2n) is 2.27. The Kier molecular flexibility index (Phi) is 5.52. The van der Waals surface area contributed by atoms with Gasteiger partial charge in [-0.25, -0.2) is 0 Å². The first-order valence-corrected chi connectivity index (χ1v) is 3.42. The molecule has 0 aliphatic carbocycles. The fourth-order valence-electron chi connectivity index (χ4n) is 0.647. The molecule has 0 aliphatic heterocycles. The highest BCUT2D eigenvalue weighted by molar-refractivity contribution is 4.56.